The van der Waals surface area contributed by atoms with Crippen molar-refractivity contribution >= 4 is 5.91 Å². The van der Waals surface area contributed by atoms with Crippen LogP contribution in [0.2, 0.25) is 0 Å². The van der Waals surface area contributed by atoms with Crippen LogP contribution in [-0.4, -0.2) is 53.4 Å². The van der Waals surface area contributed by atoms with Crippen LogP contribution in [0.3, 0.4) is 0 Å². The van der Waals surface area contributed by atoms with Gasteiger partial charge in [-0.15, -0.1) is 0 Å². The van der Waals surface area contributed by atoms with Crippen LogP contribution in [0.25, 0.3) is 0 Å². The number of amides is 1. The van der Waals surface area contributed by atoms with Gasteiger partial charge < -0.3 is 4.90 Å². The summed E-state index contributed by atoms with van der Waals surface area (Å²) >= 11 is 0. The van der Waals surface area contributed by atoms with Crippen LogP contribution in [0, 0.1) is 5.92 Å². The molecule has 1 aliphatic heterocycles. The second kappa shape index (κ2) is 8.28. The molecule has 1 aromatic rings. The third-order valence-corrected chi connectivity index (χ3v) is 4.53. The standard InChI is InChI=1S/C18H29N3O/c1-15(2)17(21-12-5-4-6-13-21)18(22)20(3)14-9-16-7-10-19-11-8-16/h7-8,10-11,15,17H,4-6,9,12-14H2,1-3H3. The molecule has 1 amide bonds. The first-order chi connectivity index (χ1) is 10.6. The first-order valence-electron chi connectivity index (χ1n) is 8.47. The Labute approximate surface area is 134 Å². The van der Waals surface area contributed by atoms with E-state index < -0.39 is 0 Å². The van der Waals surface area contributed by atoms with E-state index in [2.05, 4.69) is 23.7 Å². The van der Waals surface area contributed by atoms with Crippen LogP contribution in [0.4, 0.5) is 0 Å². The van der Waals surface area contributed by atoms with Gasteiger partial charge in [-0.3, -0.25) is 14.7 Å². The van der Waals surface area contributed by atoms with E-state index in [9.17, 15) is 4.79 Å². The number of rotatable bonds is 6. The zero-order chi connectivity index (χ0) is 15.9. The molecule has 0 saturated carbocycles. The van der Waals surface area contributed by atoms with Crippen LogP contribution in [-0.2, 0) is 11.2 Å². The first-order valence-corrected chi connectivity index (χ1v) is 8.47. The number of hydrogen-bond acceptors (Lipinski definition) is 3. The van der Waals surface area contributed by atoms with Gasteiger partial charge in [0.25, 0.3) is 0 Å². The molecule has 1 atom stereocenters. The number of nitrogens with zero attached hydrogens (tertiary/aromatic N) is 3. The smallest absolute Gasteiger partial charge is 0.239 e. The monoisotopic (exact) mass is 303 g/mol. The normalized spacial score (nSPS) is 17.5. The van der Waals surface area contributed by atoms with Crippen molar-refractivity contribution in [2.45, 2.75) is 45.6 Å². The van der Waals surface area contributed by atoms with Crippen LogP contribution in [0.5, 0.6) is 0 Å². The van der Waals surface area contributed by atoms with Gasteiger partial charge in [0.2, 0.25) is 5.91 Å². The summed E-state index contributed by atoms with van der Waals surface area (Å²) in [6, 6.07) is 4.06. The van der Waals surface area contributed by atoms with Crippen molar-refractivity contribution in [2.24, 2.45) is 5.92 Å². The maximum absolute atomic E-state index is 12.9. The van der Waals surface area contributed by atoms with Crippen LogP contribution in [0.1, 0.15) is 38.7 Å². The number of carbonyl (C=O) groups is 1. The molecule has 2 rings (SSSR count). The highest BCUT2D eigenvalue weighted by Crippen LogP contribution is 2.19. The number of piperidine rings is 1. The van der Waals surface area contributed by atoms with Gasteiger partial charge >= 0.3 is 0 Å². The second-order valence-electron chi connectivity index (χ2n) is 6.65. The number of hydrogen-bond donors (Lipinski definition) is 0. The van der Waals surface area contributed by atoms with E-state index in [1.165, 1.54) is 24.8 Å². The summed E-state index contributed by atoms with van der Waals surface area (Å²) in [5.74, 6) is 0.625. The summed E-state index contributed by atoms with van der Waals surface area (Å²) in [6.07, 6.45) is 8.24. The predicted molar refractivity (Wildman–Crippen MR) is 89.6 cm³/mol. The number of likely N-dealkylation sites (N-methyl/N-ethyl adjacent to an activating group) is 1. The van der Waals surface area contributed by atoms with Crippen molar-refractivity contribution < 1.29 is 4.79 Å². The minimum absolute atomic E-state index is 0.0303. The second-order valence-corrected chi connectivity index (χ2v) is 6.65. The molecule has 1 saturated heterocycles. The molecule has 0 aliphatic carbocycles. The SMILES string of the molecule is CC(C)C(C(=O)N(C)CCc1ccncc1)N1CCCCC1. The van der Waals surface area contributed by atoms with Gasteiger partial charge in [-0.1, -0.05) is 20.3 Å². The molecular formula is C18H29N3O. The highest BCUT2D eigenvalue weighted by Gasteiger charge is 2.31. The fourth-order valence-electron chi connectivity index (χ4n) is 3.24. The lowest BCUT2D eigenvalue weighted by Gasteiger charge is -2.37. The summed E-state index contributed by atoms with van der Waals surface area (Å²) in [7, 11) is 1.93. The molecule has 1 aliphatic rings. The summed E-state index contributed by atoms with van der Waals surface area (Å²) in [4.78, 5) is 21.2. The van der Waals surface area contributed by atoms with Gasteiger partial charge in [0, 0.05) is 26.0 Å². The Balaban J connectivity index is 1.93. The zero-order valence-electron chi connectivity index (χ0n) is 14.2. The first kappa shape index (κ1) is 16.9. The van der Waals surface area contributed by atoms with E-state index in [1.807, 2.05) is 36.5 Å². The molecule has 0 radical (unpaired) electrons. The molecule has 0 aromatic carbocycles. The lowest BCUT2D eigenvalue weighted by atomic mass is 9.98. The molecule has 1 unspecified atom stereocenters. The highest BCUT2D eigenvalue weighted by molar-refractivity contribution is 5.82. The fraction of sp³-hybridized carbons (Fsp3) is 0.667. The van der Waals surface area contributed by atoms with Crippen molar-refractivity contribution in [1.82, 2.24) is 14.8 Å². The Bertz CT molecular complexity index is 455. The predicted octanol–water partition coefficient (Wildman–Crippen LogP) is 2.59. The molecule has 0 spiro atoms. The minimum atomic E-state index is 0.0303. The lowest BCUT2D eigenvalue weighted by molar-refractivity contribution is -0.137. The van der Waals surface area contributed by atoms with Gasteiger partial charge in [-0.2, -0.15) is 0 Å². The molecule has 0 bridgehead atoms. The Morgan fingerprint density at radius 2 is 1.86 bits per heavy atom. The van der Waals surface area contributed by atoms with E-state index in [0.717, 1.165) is 26.1 Å². The maximum atomic E-state index is 12.9. The van der Waals surface area contributed by atoms with Crippen molar-refractivity contribution in [3.05, 3.63) is 30.1 Å². The van der Waals surface area contributed by atoms with Gasteiger partial charge in [0.15, 0.2) is 0 Å². The van der Waals surface area contributed by atoms with Crippen molar-refractivity contribution in [3.8, 4) is 0 Å². The van der Waals surface area contributed by atoms with Crippen molar-refractivity contribution in [1.29, 1.82) is 0 Å². The lowest BCUT2D eigenvalue weighted by Crippen LogP contribution is -2.52. The van der Waals surface area contributed by atoms with E-state index in [-0.39, 0.29) is 11.9 Å². The molecule has 0 N–H and O–H groups in total. The average molecular weight is 303 g/mol. The highest BCUT2D eigenvalue weighted by atomic mass is 16.2. The van der Waals surface area contributed by atoms with Gasteiger partial charge in [0.1, 0.15) is 0 Å². The summed E-state index contributed by atoms with van der Waals surface area (Å²) in [5.41, 5.74) is 1.23. The molecule has 2 heterocycles. The van der Waals surface area contributed by atoms with Crippen LogP contribution in [0.15, 0.2) is 24.5 Å². The molecule has 1 fully saturated rings. The van der Waals surface area contributed by atoms with Crippen LogP contribution >= 0.6 is 0 Å². The van der Waals surface area contributed by atoms with Crippen molar-refractivity contribution in [3.63, 3.8) is 0 Å². The van der Waals surface area contributed by atoms with Gasteiger partial charge in [-0.25, -0.2) is 0 Å². The largest absolute Gasteiger partial charge is 0.344 e. The fourth-order valence-corrected chi connectivity index (χ4v) is 3.24. The molecule has 1 aromatic heterocycles. The van der Waals surface area contributed by atoms with Crippen molar-refractivity contribution in [2.75, 3.05) is 26.7 Å². The third kappa shape index (κ3) is 4.54. The zero-order valence-corrected chi connectivity index (χ0v) is 14.2. The summed E-state index contributed by atoms with van der Waals surface area (Å²) in [6.45, 7) is 7.21. The summed E-state index contributed by atoms with van der Waals surface area (Å²) in [5, 5.41) is 0. The quantitative estimate of drug-likeness (QED) is 0.810. The minimum Gasteiger partial charge on any atom is -0.344 e. The number of carbonyl (C=O) groups excluding carboxylic acids is 1. The Morgan fingerprint density at radius 1 is 1.23 bits per heavy atom. The van der Waals surface area contributed by atoms with Crippen LogP contribution < -0.4 is 0 Å². The third-order valence-electron chi connectivity index (χ3n) is 4.53. The Kier molecular flexibility index (Phi) is 6.37. The van der Waals surface area contributed by atoms with E-state index >= 15 is 0 Å². The number of likely N-dealkylation sites (tertiary alicyclic amines) is 1. The molecule has 22 heavy (non-hydrogen) atoms. The topological polar surface area (TPSA) is 36.4 Å². The summed E-state index contributed by atoms with van der Waals surface area (Å²) < 4.78 is 0. The van der Waals surface area contributed by atoms with Gasteiger partial charge in [0.05, 0.1) is 6.04 Å². The molecule has 4 nitrogen and oxygen atoms in total. The number of pyridine rings is 1. The van der Waals surface area contributed by atoms with E-state index in [4.69, 9.17) is 0 Å². The van der Waals surface area contributed by atoms with E-state index in [0.29, 0.717) is 5.92 Å². The average Bonchev–Trinajstić information content (AvgIpc) is 2.54. The molecular weight excluding hydrogens is 274 g/mol. The maximum Gasteiger partial charge on any atom is 0.239 e. The number of aromatic nitrogens is 1. The Hall–Kier alpha value is -1.42. The Morgan fingerprint density at radius 3 is 2.45 bits per heavy atom. The molecule has 4 heteroatoms. The molecule has 122 valence electrons. The van der Waals surface area contributed by atoms with E-state index in [1.54, 1.807) is 0 Å². The van der Waals surface area contributed by atoms with Gasteiger partial charge in [-0.05, 0) is 56.0 Å².